The number of ether oxygens (including phenoxy) is 1. The summed E-state index contributed by atoms with van der Waals surface area (Å²) in [7, 11) is 8.04. The number of nitrogens with zero attached hydrogens (tertiary/aromatic N) is 2. The Bertz CT molecular complexity index is 946. The molecule has 0 aliphatic rings. The average Bonchev–Trinajstić information content (AvgIpc) is 2.79. The van der Waals surface area contributed by atoms with Crippen LogP contribution >= 0.6 is 0 Å². The van der Waals surface area contributed by atoms with Gasteiger partial charge in [-0.15, -0.1) is 0 Å². The zero-order valence-corrected chi connectivity index (χ0v) is 19.4. The molecule has 0 saturated carbocycles. The number of carbonyl (C=O) groups excluding carboxylic acids is 1. The zero-order valence-electron chi connectivity index (χ0n) is 19.4. The number of nitrogens with one attached hydrogen (secondary N) is 2. The van der Waals surface area contributed by atoms with Crippen molar-refractivity contribution >= 4 is 23.1 Å². The normalized spacial score (nSPS) is 10.6. The molecule has 2 N–H and O–H groups in total. The Morgan fingerprint density at radius 3 is 1.66 bits per heavy atom. The van der Waals surface area contributed by atoms with Crippen LogP contribution in [-0.4, -0.2) is 40.8 Å². The van der Waals surface area contributed by atoms with Crippen LogP contribution in [0.1, 0.15) is 24.1 Å². The molecule has 3 aromatic carbocycles. The fourth-order valence-electron chi connectivity index (χ4n) is 3.39. The molecular weight excluding hydrogens is 400 g/mol. The Morgan fingerprint density at radius 1 is 0.781 bits per heavy atom. The summed E-state index contributed by atoms with van der Waals surface area (Å²) in [6, 6.07) is 23.2. The molecule has 0 radical (unpaired) electrons. The topological polar surface area (TPSA) is 56.8 Å². The first kappa shape index (κ1) is 23.0. The third-order valence-corrected chi connectivity index (χ3v) is 5.18. The smallest absolute Gasteiger partial charge is 0.319 e. The fourth-order valence-corrected chi connectivity index (χ4v) is 3.39. The van der Waals surface area contributed by atoms with Gasteiger partial charge in [-0.1, -0.05) is 24.3 Å². The first-order valence-electron chi connectivity index (χ1n) is 10.7. The number of carbonyl (C=O) groups is 1. The molecule has 0 heterocycles. The molecule has 3 rings (SSSR count). The van der Waals surface area contributed by atoms with Crippen molar-refractivity contribution in [3.05, 3.63) is 83.9 Å². The summed E-state index contributed by atoms with van der Waals surface area (Å²) in [5.74, 6) is 0.776. The van der Waals surface area contributed by atoms with Gasteiger partial charge in [0.15, 0.2) is 0 Å². The fraction of sp³-hybridized carbons (Fsp3) is 0.269. The van der Waals surface area contributed by atoms with E-state index < -0.39 is 0 Å². The molecule has 0 fully saturated rings. The van der Waals surface area contributed by atoms with E-state index in [2.05, 4.69) is 69.0 Å². The molecule has 6 heteroatoms. The second-order valence-electron chi connectivity index (χ2n) is 7.96. The second kappa shape index (κ2) is 10.6. The highest BCUT2D eigenvalue weighted by atomic mass is 16.5. The lowest BCUT2D eigenvalue weighted by molar-refractivity contribution is 0.250. The largest absolute Gasteiger partial charge is 0.494 e. The second-order valence-corrected chi connectivity index (χ2v) is 7.96. The van der Waals surface area contributed by atoms with E-state index in [1.54, 1.807) is 0 Å². The van der Waals surface area contributed by atoms with E-state index in [-0.39, 0.29) is 12.1 Å². The van der Waals surface area contributed by atoms with Crippen molar-refractivity contribution in [1.29, 1.82) is 0 Å². The molecule has 0 saturated heterocycles. The molecular formula is C26H32N4O2. The predicted octanol–water partition coefficient (Wildman–Crippen LogP) is 5.13. The number of amides is 2. The lowest BCUT2D eigenvalue weighted by Crippen LogP contribution is -2.33. The average molecular weight is 433 g/mol. The summed E-state index contributed by atoms with van der Waals surface area (Å²) in [4.78, 5) is 17.0. The maximum Gasteiger partial charge on any atom is 0.319 e. The number of urea groups is 1. The van der Waals surface area contributed by atoms with Crippen LogP contribution in [0, 0.1) is 0 Å². The van der Waals surface area contributed by atoms with Gasteiger partial charge in [-0.2, -0.15) is 0 Å². The number of hydrogen-bond donors (Lipinski definition) is 2. The molecule has 6 nitrogen and oxygen atoms in total. The van der Waals surface area contributed by atoms with Crippen molar-refractivity contribution in [1.82, 2.24) is 5.32 Å². The van der Waals surface area contributed by atoms with Crippen LogP contribution in [-0.2, 0) is 0 Å². The van der Waals surface area contributed by atoms with E-state index in [1.807, 2.05) is 59.4 Å². The lowest BCUT2D eigenvalue weighted by atomic mass is 9.98. The van der Waals surface area contributed by atoms with Crippen molar-refractivity contribution in [2.45, 2.75) is 13.0 Å². The molecule has 0 aliphatic carbocycles. The molecule has 0 spiro atoms. The first-order chi connectivity index (χ1) is 15.4. The minimum Gasteiger partial charge on any atom is -0.494 e. The van der Waals surface area contributed by atoms with Gasteiger partial charge < -0.3 is 25.2 Å². The van der Waals surface area contributed by atoms with E-state index in [0.29, 0.717) is 12.3 Å². The Labute approximate surface area is 190 Å². The highest BCUT2D eigenvalue weighted by molar-refractivity contribution is 5.89. The van der Waals surface area contributed by atoms with Gasteiger partial charge in [0.25, 0.3) is 0 Å². The van der Waals surface area contributed by atoms with Crippen molar-refractivity contribution < 1.29 is 9.53 Å². The molecule has 3 aromatic rings. The monoisotopic (exact) mass is 432 g/mol. The molecule has 168 valence electrons. The van der Waals surface area contributed by atoms with Crippen LogP contribution < -0.4 is 25.2 Å². The van der Waals surface area contributed by atoms with Crippen LogP contribution in [0.15, 0.2) is 72.8 Å². The lowest BCUT2D eigenvalue weighted by Gasteiger charge is -2.22. The highest BCUT2D eigenvalue weighted by Gasteiger charge is 2.18. The van der Waals surface area contributed by atoms with Gasteiger partial charge in [0, 0.05) is 45.3 Å². The highest BCUT2D eigenvalue weighted by Crippen LogP contribution is 2.26. The van der Waals surface area contributed by atoms with E-state index in [9.17, 15) is 4.79 Å². The summed E-state index contributed by atoms with van der Waals surface area (Å²) in [5.41, 5.74) is 4.93. The predicted molar refractivity (Wildman–Crippen MR) is 133 cm³/mol. The Hall–Kier alpha value is -3.67. The summed E-state index contributed by atoms with van der Waals surface area (Å²) in [5, 5.41) is 6.05. The summed E-state index contributed by atoms with van der Waals surface area (Å²) >= 11 is 0. The van der Waals surface area contributed by atoms with Crippen LogP contribution in [0.4, 0.5) is 21.9 Å². The van der Waals surface area contributed by atoms with E-state index in [0.717, 1.165) is 28.3 Å². The molecule has 2 amide bonds. The molecule has 32 heavy (non-hydrogen) atoms. The number of anilines is 3. The zero-order chi connectivity index (χ0) is 23.1. The first-order valence-corrected chi connectivity index (χ1v) is 10.7. The number of rotatable bonds is 8. The summed E-state index contributed by atoms with van der Waals surface area (Å²) in [6.45, 7) is 2.55. The van der Waals surface area contributed by atoms with Crippen LogP contribution in [0.5, 0.6) is 5.75 Å². The van der Waals surface area contributed by atoms with E-state index >= 15 is 0 Å². The maximum atomic E-state index is 12.9. The summed E-state index contributed by atoms with van der Waals surface area (Å²) < 4.78 is 5.46. The molecule has 0 bridgehead atoms. The SMILES string of the molecule is CCOc1ccc(NC(=O)NC(c2ccc(N(C)C)cc2)c2ccc(N(C)C)cc2)cc1. The standard InChI is InChI=1S/C26H32N4O2/c1-6-32-24-17-11-21(12-18-24)27-26(31)28-25(19-7-13-22(14-8-19)29(2)3)20-9-15-23(16-10-20)30(4)5/h7-18,25H,6H2,1-5H3,(H2,27,28,31). The van der Waals surface area contributed by atoms with Gasteiger partial charge in [-0.3, -0.25) is 0 Å². The van der Waals surface area contributed by atoms with Gasteiger partial charge in [0.2, 0.25) is 0 Å². The minimum absolute atomic E-state index is 0.271. The Morgan fingerprint density at radius 2 is 1.25 bits per heavy atom. The molecule has 0 unspecified atom stereocenters. The minimum atomic E-state index is -0.287. The van der Waals surface area contributed by atoms with Crippen LogP contribution in [0.2, 0.25) is 0 Å². The quantitative estimate of drug-likeness (QED) is 0.518. The van der Waals surface area contributed by atoms with Crippen LogP contribution in [0.3, 0.4) is 0 Å². The van der Waals surface area contributed by atoms with Gasteiger partial charge in [-0.25, -0.2) is 4.79 Å². The Balaban J connectivity index is 1.82. The molecule has 0 aliphatic heterocycles. The molecule has 0 atom stereocenters. The van der Waals surface area contributed by atoms with Gasteiger partial charge in [0.05, 0.1) is 12.6 Å². The summed E-state index contributed by atoms with van der Waals surface area (Å²) in [6.07, 6.45) is 0. The van der Waals surface area contributed by atoms with Gasteiger partial charge in [-0.05, 0) is 66.6 Å². The molecule has 0 aromatic heterocycles. The maximum absolute atomic E-state index is 12.9. The number of hydrogen-bond acceptors (Lipinski definition) is 4. The van der Waals surface area contributed by atoms with Gasteiger partial charge >= 0.3 is 6.03 Å². The van der Waals surface area contributed by atoms with Crippen LogP contribution in [0.25, 0.3) is 0 Å². The Kier molecular flexibility index (Phi) is 7.60. The van der Waals surface area contributed by atoms with E-state index in [4.69, 9.17) is 4.74 Å². The third-order valence-electron chi connectivity index (χ3n) is 5.18. The third kappa shape index (κ3) is 5.94. The van der Waals surface area contributed by atoms with Crippen molar-refractivity contribution in [3.63, 3.8) is 0 Å². The van der Waals surface area contributed by atoms with Crippen molar-refractivity contribution in [2.75, 3.05) is 49.9 Å². The van der Waals surface area contributed by atoms with Crippen molar-refractivity contribution in [2.24, 2.45) is 0 Å². The number of benzene rings is 3. The van der Waals surface area contributed by atoms with Crippen molar-refractivity contribution in [3.8, 4) is 5.75 Å². The van der Waals surface area contributed by atoms with E-state index in [1.165, 1.54) is 0 Å². The van der Waals surface area contributed by atoms with Gasteiger partial charge in [0.1, 0.15) is 5.75 Å².